The maximum atomic E-state index is 5.60. The molecule has 5 nitrogen and oxygen atoms in total. The molecule has 1 fully saturated rings. The van der Waals surface area contributed by atoms with Crippen molar-refractivity contribution in [2.45, 2.75) is 39.6 Å². The van der Waals surface area contributed by atoms with Gasteiger partial charge in [-0.05, 0) is 13.8 Å². The summed E-state index contributed by atoms with van der Waals surface area (Å²) in [6, 6.07) is 1.73. The third-order valence-corrected chi connectivity index (χ3v) is 2.24. The molecule has 1 aromatic rings. The molecule has 1 aliphatic rings. The Morgan fingerprint density at radius 2 is 2.17 bits per heavy atom. The van der Waals surface area contributed by atoms with Gasteiger partial charge in [0.2, 0.25) is 0 Å². The van der Waals surface area contributed by atoms with Gasteiger partial charge in [-0.2, -0.15) is 0 Å². The Hall–Kier alpha value is -1.33. The predicted octanol–water partition coefficient (Wildman–Crippen LogP) is 2.22. The van der Waals surface area contributed by atoms with Crippen LogP contribution in [0.1, 0.15) is 27.7 Å². The smallest absolute Gasteiger partial charge is 0.163 e. The first-order valence-electron chi connectivity index (χ1n) is 6.20. The standard InChI is InChI=1S/C11H16N2O3.C2H6/c1-11(2)15-7-10(16-11)6-14-9-3-8(12)4-13-5-9;1-2/h3-5,10H,6-7,12H2,1-2H3;1-2H3. The maximum Gasteiger partial charge on any atom is 0.163 e. The summed E-state index contributed by atoms with van der Waals surface area (Å²) in [5.74, 6) is 0.135. The molecule has 1 atom stereocenters. The Bertz CT molecular complexity index is 369. The van der Waals surface area contributed by atoms with Crippen LogP contribution in [0.2, 0.25) is 0 Å². The summed E-state index contributed by atoms with van der Waals surface area (Å²) in [4.78, 5) is 3.94. The van der Waals surface area contributed by atoms with Crippen molar-refractivity contribution in [3.63, 3.8) is 0 Å². The minimum absolute atomic E-state index is 0.0450. The molecule has 0 amide bonds. The minimum Gasteiger partial charge on any atom is -0.489 e. The fourth-order valence-corrected chi connectivity index (χ4v) is 1.55. The summed E-state index contributed by atoms with van der Waals surface area (Å²) in [5, 5.41) is 0. The van der Waals surface area contributed by atoms with Crippen LogP contribution < -0.4 is 10.5 Å². The SMILES string of the molecule is CC.CC1(C)OCC(COc2cncc(N)c2)O1. The molecule has 0 aromatic carbocycles. The molecule has 0 saturated carbocycles. The van der Waals surface area contributed by atoms with Crippen LogP contribution in [0, 0.1) is 0 Å². The van der Waals surface area contributed by atoms with Gasteiger partial charge in [0.15, 0.2) is 5.79 Å². The highest BCUT2D eigenvalue weighted by Gasteiger charge is 2.32. The summed E-state index contributed by atoms with van der Waals surface area (Å²) in [6.07, 6.45) is 3.15. The molecular weight excluding hydrogens is 232 g/mol. The number of nitrogens with zero attached hydrogens (tertiary/aromatic N) is 1. The first kappa shape index (κ1) is 14.7. The summed E-state index contributed by atoms with van der Waals surface area (Å²) in [5.41, 5.74) is 6.17. The van der Waals surface area contributed by atoms with E-state index in [1.54, 1.807) is 18.5 Å². The molecule has 5 heteroatoms. The normalized spacial score (nSPS) is 21.0. The van der Waals surface area contributed by atoms with E-state index in [9.17, 15) is 0 Å². The van der Waals surface area contributed by atoms with Gasteiger partial charge in [0.05, 0.1) is 24.7 Å². The van der Waals surface area contributed by atoms with Gasteiger partial charge in [0.1, 0.15) is 18.5 Å². The van der Waals surface area contributed by atoms with Crippen LogP contribution >= 0.6 is 0 Å². The van der Waals surface area contributed by atoms with Gasteiger partial charge < -0.3 is 19.9 Å². The number of hydrogen-bond acceptors (Lipinski definition) is 5. The van der Waals surface area contributed by atoms with Crippen LogP contribution in [0.3, 0.4) is 0 Å². The summed E-state index contributed by atoms with van der Waals surface area (Å²) in [7, 11) is 0. The summed E-state index contributed by atoms with van der Waals surface area (Å²) < 4.78 is 16.5. The largest absolute Gasteiger partial charge is 0.489 e. The van der Waals surface area contributed by atoms with Crippen molar-refractivity contribution in [2.75, 3.05) is 18.9 Å². The van der Waals surface area contributed by atoms with E-state index >= 15 is 0 Å². The molecule has 2 rings (SSSR count). The van der Waals surface area contributed by atoms with Crippen molar-refractivity contribution in [3.8, 4) is 5.75 Å². The van der Waals surface area contributed by atoms with Gasteiger partial charge >= 0.3 is 0 Å². The topological polar surface area (TPSA) is 66.6 Å². The van der Waals surface area contributed by atoms with E-state index in [4.69, 9.17) is 19.9 Å². The van der Waals surface area contributed by atoms with E-state index in [0.29, 0.717) is 24.7 Å². The molecule has 1 unspecified atom stereocenters. The molecule has 18 heavy (non-hydrogen) atoms. The highest BCUT2D eigenvalue weighted by Crippen LogP contribution is 2.23. The molecule has 1 aromatic heterocycles. The van der Waals surface area contributed by atoms with Crippen molar-refractivity contribution < 1.29 is 14.2 Å². The van der Waals surface area contributed by atoms with E-state index < -0.39 is 5.79 Å². The molecule has 0 spiro atoms. The van der Waals surface area contributed by atoms with E-state index in [0.717, 1.165) is 0 Å². The average Bonchev–Trinajstić information content (AvgIpc) is 2.69. The molecule has 1 aliphatic heterocycles. The van der Waals surface area contributed by atoms with E-state index in [1.165, 1.54) is 0 Å². The molecule has 0 aliphatic carbocycles. The number of nitrogens with two attached hydrogens (primary N) is 1. The lowest BCUT2D eigenvalue weighted by atomic mass is 10.4. The summed E-state index contributed by atoms with van der Waals surface area (Å²) in [6.45, 7) is 8.75. The quantitative estimate of drug-likeness (QED) is 0.895. The van der Waals surface area contributed by atoms with Crippen molar-refractivity contribution in [1.29, 1.82) is 0 Å². The van der Waals surface area contributed by atoms with Gasteiger partial charge in [-0.25, -0.2) is 0 Å². The highest BCUT2D eigenvalue weighted by molar-refractivity contribution is 5.39. The fourth-order valence-electron chi connectivity index (χ4n) is 1.55. The molecule has 102 valence electrons. The van der Waals surface area contributed by atoms with Gasteiger partial charge in [0, 0.05) is 6.07 Å². The van der Waals surface area contributed by atoms with Crippen LogP contribution in [0.5, 0.6) is 5.75 Å². The number of nitrogen functional groups attached to an aromatic ring is 1. The molecule has 2 heterocycles. The van der Waals surface area contributed by atoms with Gasteiger partial charge in [-0.1, -0.05) is 13.8 Å². The highest BCUT2D eigenvalue weighted by atomic mass is 16.7. The van der Waals surface area contributed by atoms with Gasteiger partial charge in [0.25, 0.3) is 0 Å². The lowest BCUT2D eigenvalue weighted by Gasteiger charge is -2.17. The van der Waals surface area contributed by atoms with Crippen LogP contribution in [0.25, 0.3) is 0 Å². The Balaban J connectivity index is 0.000000771. The van der Waals surface area contributed by atoms with Crippen LogP contribution in [-0.4, -0.2) is 30.1 Å². The maximum absolute atomic E-state index is 5.60. The summed E-state index contributed by atoms with van der Waals surface area (Å²) >= 11 is 0. The number of rotatable bonds is 3. The molecule has 2 N–H and O–H groups in total. The second-order valence-corrected chi connectivity index (χ2v) is 4.22. The second kappa shape index (κ2) is 6.56. The van der Waals surface area contributed by atoms with Gasteiger partial charge in [-0.3, -0.25) is 4.98 Å². The molecular formula is C13H22N2O3. The Morgan fingerprint density at radius 1 is 1.44 bits per heavy atom. The van der Waals surface area contributed by atoms with Crippen LogP contribution in [0.4, 0.5) is 5.69 Å². The second-order valence-electron chi connectivity index (χ2n) is 4.22. The zero-order valence-electron chi connectivity index (χ0n) is 11.5. The monoisotopic (exact) mass is 254 g/mol. The molecule has 0 radical (unpaired) electrons. The minimum atomic E-state index is -0.512. The Morgan fingerprint density at radius 3 is 2.72 bits per heavy atom. The van der Waals surface area contributed by atoms with Gasteiger partial charge in [-0.15, -0.1) is 0 Å². The first-order valence-corrected chi connectivity index (χ1v) is 6.20. The van der Waals surface area contributed by atoms with Crippen LogP contribution in [-0.2, 0) is 9.47 Å². The van der Waals surface area contributed by atoms with E-state index in [1.807, 2.05) is 27.7 Å². The third-order valence-electron chi connectivity index (χ3n) is 2.24. The molecule has 0 bridgehead atoms. The van der Waals surface area contributed by atoms with E-state index in [-0.39, 0.29) is 6.10 Å². The Kier molecular flexibility index (Phi) is 5.37. The number of anilines is 1. The fraction of sp³-hybridized carbons (Fsp3) is 0.615. The number of hydrogen-bond donors (Lipinski definition) is 1. The van der Waals surface area contributed by atoms with Crippen molar-refractivity contribution in [3.05, 3.63) is 18.5 Å². The zero-order chi connectivity index (χ0) is 13.6. The Labute approximate surface area is 108 Å². The zero-order valence-corrected chi connectivity index (χ0v) is 11.5. The van der Waals surface area contributed by atoms with E-state index in [2.05, 4.69) is 4.98 Å². The predicted molar refractivity (Wildman–Crippen MR) is 70.4 cm³/mol. The van der Waals surface area contributed by atoms with Crippen LogP contribution in [0.15, 0.2) is 18.5 Å². The number of ether oxygens (including phenoxy) is 3. The van der Waals surface area contributed by atoms with Crippen molar-refractivity contribution in [1.82, 2.24) is 4.98 Å². The third kappa shape index (κ3) is 4.50. The van der Waals surface area contributed by atoms with Crippen molar-refractivity contribution >= 4 is 5.69 Å². The lowest BCUT2D eigenvalue weighted by Crippen LogP contribution is -2.25. The first-order chi connectivity index (χ1) is 8.55. The lowest BCUT2D eigenvalue weighted by molar-refractivity contribution is -0.141. The number of aromatic nitrogens is 1. The van der Waals surface area contributed by atoms with Crippen molar-refractivity contribution in [2.24, 2.45) is 0 Å². The number of pyridine rings is 1. The molecule has 1 saturated heterocycles. The average molecular weight is 254 g/mol.